The maximum atomic E-state index is 5.56. The fraction of sp³-hybridized carbons (Fsp3) is 0.385. The predicted octanol–water partition coefficient (Wildman–Crippen LogP) is 4.18. The second kappa shape index (κ2) is 4.32. The first-order valence-corrected chi connectivity index (χ1v) is 4.99. The molecule has 0 radical (unpaired) electrons. The molecular formula is C13H18O. The van der Waals surface area contributed by atoms with Crippen LogP contribution in [0, 0.1) is 20.8 Å². The molecule has 1 nitrogen and oxygen atoms in total. The van der Waals surface area contributed by atoms with Crippen LogP contribution in [-0.4, -0.2) is 0 Å². The minimum atomic E-state index is 0.993. The highest BCUT2D eigenvalue weighted by atomic mass is 16.3. The van der Waals surface area contributed by atoms with Gasteiger partial charge in [0.15, 0.2) is 0 Å². The van der Waals surface area contributed by atoms with Crippen molar-refractivity contribution < 1.29 is 4.42 Å². The lowest BCUT2D eigenvalue weighted by Crippen LogP contribution is -1.80. The molecule has 0 saturated heterocycles. The summed E-state index contributed by atoms with van der Waals surface area (Å²) in [5.41, 5.74) is 3.69. The first-order valence-electron chi connectivity index (χ1n) is 4.99. The first-order chi connectivity index (χ1) is 6.60. The van der Waals surface area contributed by atoms with E-state index in [1.165, 1.54) is 16.7 Å². The van der Waals surface area contributed by atoms with Crippen molar-refractivity contribution in [3.05, 3.63) is 40.9 Å². The average Bonchev–Trinajstić information content (AvgIpc) is 2.40. The van der Waals surface area contributed by atoms with E-state index in [9.17, 15) is 0 Å². The Labute approximate surface area is 86.1 Å². The third-order valence-electron chi connectivity index (χ3n) is 2.62. The molecule has 76 valence electrons. The zero-order valence-corrected chi connectivity index (χ0v) is 9.48. The van der Waals surface area contributed by atoms with Crippen molar-refractivity contribution in [1.82, 2.24) is 0 Å². The van der Waals surface area contributed by atoms with Crippen molar-refractivity contribution in [2.75, 3.05) is 0 Å². The molecule has 1 aromatic heterocycles. The lowest BCUT2D eigenvalue weighted by molar-refractivity contribution is 0.502. The van der Waals surface area contributed by atoms with Gasteiger partial charge in [-0.1, -0.05) is 19.6 Å². The van der Waals surface area contributed by atoms with Gasteiger partial charge in [-0.2, -0.15) is 0 Å². The normalized spacial score (nSPS) is 11.9. The third kappa shape index (κ3) is 1.98. The third-order valence-corrected chi connectivity index (χ3v) is 2.62. The van der Waals surface area contributed by atoms with Crippen LogP contribution < -0.4 is 0 Å². The molecule has 0 spiro atoms. The number of allylic oxidation sites excluding steroid dienone is 2. The molecule has 0 fully saturated rings. The monoisotopic (exact) mass is 190 g/mol. The highest BCUT2D eigenvalue weighted by Crippen LogP contribution is 2.24. The minimum absolute atomic E-state index is 0.993. The van der Waals surface area contributed by atoms with E-state index in [0.29, 0.717) is 0 Å². The van der Waals surface area contributed by atoms with E-state index < -0.39 is 0 Å². The van der Waals surface area contributed by atoms with Crippen molar-refractivity contribution in [2.45, 2.75) is 34.1 Å². The Morgan fingerprint density at radius 1 is 1.29 bits per heavy atom. The molecule has 0 atom stereocenters. The minimum Gasteiger partial charge on any atom is -0.466 e. The van der Waals surface area contributed by atoms with E-state index in [-0.39, 0.29) is 0 Å². The van der Waals surface area contributed by atoms with Crippen molar-refractivity contribution in [1.29, 1.82) is 0 Å². The van der Waals surface area contributed by atoms with Crippen LogP contribution in [0.4, 0.5) is 0 Å². The van der Waals surface area contributed by atoms with E-state index in [2.05, 4.69) is 26.5 Å². The molecule has 0 amide bonds. The van der Waals surface area contributed by atoms with Crippen LogP contribution in [0.15, 0.2) is 22.6 Å². The lowest BCUT2D eigenvalue weighted by Gasteiger charge is -1.97. The standard InChI is InChI=1S/C13H18O/c1-6-12(7-2)8-13-9(3)10(4)14-11(13)5/h6,8H,1,7H2,2-5H3/b12-8+. The molecule has 0 aliphatic carbocycles. The molecule has 0 aliphatic rings. The van der Waals surface area contributed by atoms with Crippen LogP contribution in [-0.2, 0) is 0 Å². The maximum Gasteiger partial charge on any atom is 0.108 e. The van der Waals surface area contributed by atoms with E-state index in [4.69, 9.17) is 4.42 Å². The summed E-state index contributed by atoms with van der Waals surface area (Å²) in [6, 6.07) is 0. The van der Waals surface area contributed by atoms with Gasteiger partial charge in [0.25, 0.3) is 0 Å². The second-order valence-corrected chi connectivity index (χ2v) is 3.53. The van der Waals surface area contributed by atoms with Crippen LogP contribution in [0.2, 0.25) is 0 Å². The summed E-state index contributed by atoms with van der Waals surface area (Å²) in [5, 5.41) is 0. The van der Waals surface area contributed by atoms with Crippen molar-refractivity contribution >= 4 is 6.08 Å². The number of hydrogen-bond acceptors (Lipinski definition) is 1. The van der Waals surface area contributed by atoms with E-state index in [1.807, 2.05) is 19.9 Å². The number of aryl methyl sites for hydroxylation is 2. The van der Waals surface area contributed by atoms with Crippen LogP contribution in [0.1, 0.15) is 36.0 Å². The molecule has 0 aliphatic heterocycles. The van der Waals surface area contributed by atoms with E-state index in [1.54, 1.807) is 0 Å². The summed E-state index contributed by atoms with van der Waals surface area (Å²) in [7, 11) is 0. The molecule has 0 N–H and O–H groups in total. The zero-order chi connectivity index (χ0) is 10.7. The SMILES string of the molecule is C=C/C(=C\c1c(C)oc(C)c1C)CC. The van der Waals surface area contributed by atoms with Gasteiger partial charge in [-0.3, -0.25) is 0 Å². The fourth-order valence-corrected chi connectivity index (χ4v) is 1.52. The van der Waals surface area contributed by atoms with E-state index in [0.717, 1.165) is 17.9 Å². The Morgan fingerprint density at radius 2 is 1.93 bits per heavy atom. The highest BCUT2D eigenvalue weighted by molar-refractivity contribution is 5.61. The van der Waals surface area contributed by atoms with Gasteiger partial charge in [0.2, 0.25) is 0 Å². The molecule has 0 bridgehead atoms. The second-order valence-electron chi connectivity index (χ2n) is 3.53. The molecule has 0 aromatic carbocycles. The quantitative estimate of drug-likeness (QED) is 0.651. The first kappa shape index (κ1) is 10.8. The Hall–Kier alpha value is -1.24. The number of rotatable bonds is 3. The van der Waals surface area contributed by atoms with Crippen LogP contribution >= 0.6 is 0 Å². The van der Waals surface area contributed by atoms with Gasteiger partial charge in [0.1, 0.15) is 11.5 Å². The molecule has 1 aromatic rings. The van der Waals surface area contributed by atoms with Gasteiger partial charge >= 0.3 is 0 Å². The fourth-order valence-electron chi connectivity index (χ4n) is 1.52. The molecule has 1 rings (SSSR count). The Bertz CT molecular complexity index is 367. The molecule has 14 heavy (non-hydrogen) atoms. The molecular weight excluding hydrogens is 172 g/mol. The molecule has 1 heteroatoms. The van der Waals surface area contributed by atoms with Gasteiger partial charge in [-0.25, -0.2) is 0 Å². The molecule has 1 heterocycles. The van der Waals surface area contributed by atoms with Crippen LogP contribution in [0.3, 0.4) is 0 Å². The summed E-state index contributed by atoms with van der Waals surface area (Å²) in [6.45, 7) is 12.0. The van der Waals surface area contributed by atoms with Crippen LogP contribution in [0.25, 0.3) is 6.08 Å². The van der Waals surface area contributed by atoms with Crippen LogP contribution in [0.5, 0.6) is 0 Å². The van der Waals surface area contributed by atoms with Gasteiger partial charge in [-0.05, 0) is 44.4 Å². The van der Waals surface area contributed by atoms with Gasteiger partial charge in [-0.15, -0.1) is 0 Å². The number of hydrogen-bond donors (Lipinski definition) is 0. The number of furan rings is 1. The summed E-state index contributed by atoms with van der Waals surface area (Å²) in [6.07, 6.45) is 5.07. The summed E-state index contributed by atoms with van der Waals surface area (Å²) >= 11 is 0. The zero-order valence-electron chi connectivity index (χ0n) is 9.48. The molecule has 0 unspecified atom stereocenters. The smallest absolute Gasteiger partial charge is 0.108 e. The summed E-state index contributed by atoms with van der Waals surface area (Å²) in [5.74, 6) is 2.00. The summed E-state index contributed by atoms with van der Waals surface area (Å²) < 4.78 is 5.56. The summed E-state index contributed by atoms with van der Waals surface area (Å²) in [4.78, 5) is 0. The topological polar surface area (TPSA) is 13.1 Å². The van der Waals surface area contributed by atoms with Crippen molar-refractivity contribution in [3.8, 4) is 0 Å². The largest absolute Gasteiger partial charge is 0.466 e. The average molecular weight is 190 g/mol. The maximum absolute atomic E-state index is 5.56. The Morgan fingerprint density at radius 3 is 2.29 bits per heavy atom. The molecule has 0 saturated carbocycles. The van der Waals surface area contributed by atoms with Crippen molar-refractivity contribution in [2.24, 2.45) is 0 Å². The van der Waals surface area contributed by atoms with Crippen molar-refractivity contribution in [3.63, 3.8) is 0 Å². The Kier molecular flexibility index (Phi) is 3.34. The van der Waals surface area contributed by atoms with Gasteiger partial charge in [0, 0.05) is 5.56 Å². The van der Waals surface area contributed by atoms with E-state index >= 15 is 0 Å². The van der Waals surface area contributed by atoms with Gasteiger partial charge in [0.05, 0.1) is 0 Å². The lowest BCUT2D eigenvalue weighted by atomic mass is 10.1. The Balaban J connectivity index is 3.19. The predicted molar refractivity (Wildman–Crippen MR) is 61.4 cm³/mol. The highest BCUT2D eigenvalue weighted by Gasteiger charge is 2.08. The van der Waals surface area contributed by atoms with Gasteiger partial charge < -0.3 is 4.42 Å².